The van der Waals surface area contributed by atoms with Crippen LogP contribution in [-0.2, 0) is 22.5 Å². The van der Waals surface area contributed by atoms with Crippen LogP contribution in [0.1, 0.15) is 25.1 Å². The molecule has 0 radical (unpaired) electrons. The predicted octanol–water partition coefficient (Wildman–Crippen LogP) is 5.02. The zero-order valence-electron chi connectivity index (χ0n) is 21.6. The molecule has 0 saturated carbocycles. The van der Waals surface area contributed by atoms with Crippen LogP contribution < -0.4 is 19.7 Å². The van der Waals surface area contributed by atoms with Crippen molar-refractivity contribution in [3.05, 3.63) is 90.1 Å². The summed E-state index contributed by atoms with van der Waals surface area (Å²) < 4.78 is 11.8. The largest absolute Gasteiger partial charge is 0.491 e. The van der Waals surface area contributed by atoms with E-state index in [1.54, 1.807) is 12.1 Å². The highest BCUT2D eigenvalue weighted by molar-refractivity contribution is 5.86. The highest BCUT2D eigenvalue weighted by Crippen LogP contribution is 2.32. The molecule has 38 heavy (non-hydrogen) atoms. The molecular formula is C30H32N2O6. The summed E-state index contributed by atoms with van der Waals surface area (Å²) in [4.78, 5) is 25.3. The number of aliphatic hydroxyl groups excluding tert-OH is 1. The van der Waals surface area contributed by atoms with Crippen molar-refractivity contribution >= 4 is 16.9 Å². The molecule has 2 N–H and O–H groups in total. The first kappa shape index (κ1) is 26.9. The second-order valence-corrected chi connectivity index (χ2v) is 8.78. The monoisotopic (exact) mass is 516 g/mol. The van der Waals surface area contributed by atoms with Crippen molar-refractivity contribution in [3.63, 3.8) is 0 Å². The van der Waals surface area contributed by atoms with Gasteiger partial charge in [-0.25, -0.2) is 4.79 Å². The number of hydrogen-bond donors (Lipinski definition) is 2. The fraction of sp³-hybridized carbons (Fsp3) is 0.267. The minimum atomic E-state index is -0.585. The third-order valence-corrected chi connectivity index (χ3v) is 5.72. The highest BCUT2D eigenvalue weighted by atomic mass is 17.2. The van der Waals surface area contributed by atoms with E-state index in [9.17, 15) is 9.90 Å². The molecule has 0 saturated heterocycles. The molecule has 0 aliphatic carbocycles. The number of nitrogens with one attached hydrogen (secondary N) is 1. The molecule has 0 aliphatic heterocycles. The lowest BCUT2D eigenvalue weighted by Gasteiger charge is -2.14. The second-order valence-electron chi connectivity index (χ2n) is 8.78. The van der Waals surface area contributed by atoms with E-state index in [1.165, 1.54) is 6.92 Å². The summed E-state index contributed by atoms with van der Waals surface area (Å²) in [6.45, 7) is 4.73. The number of fused-ring (bicyclic) bond motifs is 1. The van der Waals surface area contributed by atoms with Crippen LogP contribution in [0.2, 0.25) is 0 Å². The molecule has 0 spiro atoms. The van der Waals surface area contributed by atoms with E-state index >= 15 is 0 Å². The Labute approximate surface area is 222 Å². The fourth-order valence-corrected chi connectivity index (χ4v) is 3.77. The number of aliphatic hydroxyl groups is 1. The Morgan fingerprint density at radius 2 is 1.74 bits per heavy atom. The molecule has 8 nitrogen and oxygen atoms in total. The molecule has 0 amide bonds. The molecule has 0 fully saturated rings. The van der Waals surface area contributed by atoms with Gasteiger partial charge in [-0.2, -0.15) is 0 Å². The van der Waals surface area contributed by atoms with E-state index in [1.807, 2.05) is 73.7 Å². The second kappa shape index (κ2) is 13.4. The topological polar surface area (TPSA) is 99.1 Å². The average Bonchev–Trinajstić information content (AvgIpc) is 2.94. The van der Waals surface area contributed by atoms with E-state index in [4.69, 9.17) is 14.4 Å². The Balaban J connectivity index is 1.30. The number of carbonyl (C=O) groups is 1. The van der Waals surface area contributed by atoms with E-state index in [-0.39, 0.29) is 6.61 Å². The van der Waals surface area contributed by atoms with Gasteiger partial charge in [0.2, 0.25) is 0 Å². The fourth-order valence-electron chi connectivity index (χ4n) is 3.77. The summed E-state index contributed by atoms with van der Waals surface area (Å²) in [5.74, 6) is 2.00. The van der Waals surface area contributed by atoms with Crippen LogP contribution in [0.4, 0.5) is 0 Å². The molecule has 1 atom stereocenters. The van der Waals surface area contributed by atoms with E-state index < -0.39 is 12.1 Å². The van der Waals surface area contributed by atoms with Gasteiger partial charge in [0.15, 0.2) is 5.75 Å². The lowest BCUT2D eigenvalue weighted by atomic mass is 10.1. The SMILES string of the molecule is CCc1cc(Oc2ccc(CCNC[C@H](O)COc3ccccc3)cc2)c2ccc(OOC(C)=O)cc2n1. The maximum absolute atomic E-state index is 11.0. The number of nitrogens with zero attached hydrogens (tertiary/aromatic N) is 1. The van der Waals surface area contributed by atoms with Crippen molar-refractivity contribution < 1.29 is 29.1 Å². The van der Waals surface area contributed by atoms with Crippen molar-refractivity contribution in [3.8, 4) is 23.0 Å². The lowest BCUT2D eigenvalue weighted by molar-refractivity contribution is -0.210. The van der Waals surface area contributed by atoms with Gasteiger partial charge in [0.1, 0.15) is 30.0 Å². The van der Waals surface area contributed by atoms with Gasteiger partial charge < -0.3 is 19.9 Å². The minimum absolute atomic E-state index is 0.243. The Bertz CT molecular complexity index is 1330. The zero-order chi connectivity index (χ0) is 26.7. The first-order valence-electron chi connectivity index (χ1n) is 12.6. The summed E-state index contributed by atoms with van der Waals surface area (Å²) >= 11 is 0. The maximum Gasteiger partial charge on any atom is 0.352 e. The number of hydrogen-bond acceptors (Lipinski definition) is 8. The summed E-state index contributed by atoms with van der Waals surface area (Å²) in [6.07, 6.45) is 0.967. The Morgan fingerprint density at radius 1 is 0.974 bits per heavy atom. The zero-order valence-corrected chi connectivity index (χ0v) is 21.6. The Kier molecular flexibility index (Phi) is 9.50. The third-order valence-electron chi connectivity index (χ3n) is 5.72. The van der Waals surface area contributed by atoms with Crippen LogP contribution in [0, 0.1) is 0 Å². The van der Waals surface area contributed by atoms with Crippen molar-refractivity contribution in [2.24, 2.45) is 0 Å². The number of aryl methyl sites for hydroxylation is 1. The van der Waals surface area contributed by atoms with Gasteiger partial charge in [-0.1, -0.05) is 37.3 Å². The van der Waals surface area contributed by atoms with Crippen LogP contribution in [0.25, 0.3) is 10.9 Å². The molecule has 1 heterocycles. The van der Waals surface area contributed by atoms with E-state index in [0.29, 0.717) is 29.3 Å². The first-order valence-corrected chi connectivity index (χ1v) is 12.6. The van der Waals surface area contributed by atoms with Gasteiger partial charge in [0.05, 0.1) is 5.52 Å². The van der Waals surface area contributed by atoms with Crippen molar-refractivity contribution in [1.29, 1.82) is 0 Å². The number of rotatable bonds is 13. The average molecular weight is 517 g/mol. The highest BCUT2D eigenvalue weighted by Gasteiger charge is 2.11. The molecule has 198 valence electrons. The smallest absolute Gasteiger partial charge is 0.352 e. The number of aromatic nitrogens is 1. The molecule has 4 rings (SSSR count). The van der Waals surface area contributed by atoms with Crippen LogP contribution in [0.15, 0.2) is 78.9 Å². The first-order chi connectivity index (χ1) is 18.5. The quantitative estimate of drug-likeness (QED) is 0.145. The summed E-state index contributed by atoms with van der Waals surface area (Å²) in [7, 11) is 0. The van der Waals surface area contributed by atoms with Gasteiger partial charge in [-0.05, 0) is 61.3 Å². The van der Waals surface area contributed by atoms with Gasteiger partial charge >= 0.3 is 5.97 Å². The summed E-state index contributed by atoms with van der Waals surface area (Å²) in [6, 6.07) is 24.6. The van der Waals surface area contributed by atoms with Gasteiger partial charge in [-0.15, -0.1) is 0 Å². The number of ether oxygens (including phenoxy) is 2. The van der Waals surface area contributed by atoms with E-state index in [2.05, 4.69) is 15.2 Å². The number of pyridine rings is 1. The molecule has 8 heteroatoms. The predicted molar refractivity (Wildman–Crippen MR) is 145 cm³/mol. The maximum atomic E-state index is 11.0. The molecule has 0 unspecified atom stereocenters. The van der Waals surface area contributed by atoms with E-state index in [0.717, 1.165) is 41.8 Å². The van der Waals surface area contributed by atoms with Gasteiger partial charge in [0, 0.05) is 36.7 Å². The van der Waals surface area contributed by atoms with Crippen molar-refractivity contribution in [1.82, 2.24) is 10.3 Å². The van der Waals surface area contributed by atoms with Gasteiger partial charge in [-0.3, -0.25) is 14.8 Å². The number of para-hydroxylation sites is 1. The Hall–Kier alpha value is -4.14. The van der Waals surface area contributed by atoms with Crippen molar-refractivity contribution in [2.75, 3.05) is 19.7 Å². The standard InChI is InChI=1S/C30H32N2O6/c1-3-23-17-30(28-14-13-27(18-29(28)32-23)38-37-21(2)33)36-26-11-9-22(10-12-26)15-16-31-19-24(34)20-35-25-7-5-4-6-8-25/h4-14,17-18,24,31,34H,3,15-16,19-20H2,1-2H3/t24-/m0/s1. The molecule has 3 aromatic carbocycles. The number of benzene rings is 3. The molecular weight excluding hydrogens is 484 g/mol. The van der Waals surface area contributed by atoms with Crippen LogP contribution in [-0.4, -0.2) is 41.9 Å². The van der Waals surface area contributed by atoms with Crippen LogP contribution >= 0.6 is 0 Å². The molecule has 0 bridgehead atoms. The molecule has 0 aliphatic rings. The minimum Gasteiger partial charge on any atom is -0.491 e. The number of carbonyl (C=O) groups excluding carboxylic acids is 1. The molecule has 1 aromatic heterocycles. The van der Waals surface area contributed by atoms with Crippen LogP contribution in [0.3, 0.4) is 0 Å². The third kappa shape index (κ3) is 7.93. The summed E-state index contributed by atoms with van der Waals surface area (Å²) in [5, 5.41) is 14.2. The summed E-state index contributed by atoms with van der Waals surface area (Å²) in [5.41, 5.74) is 2.71. The molecule has 4 aromatic rings. The normalized spacial score (nSPS) is 11.7. The van der Waals surface area contributed by atoms with Crippen LogP contribution in [0.5, 0.6) is 23.0 Å². The van der Waals surface area contributed by atoms with Gasteiger partial charge in [0.25, 0.3) is 0 Å². The Morgan fingerprint density at radius 3 is 2.47 bits per heavy atom. The van der Waals surface area contributed by atoms with Crippen molar-refractivity contribution in [2.45, 2.75) is 32.8 Å². The lowest BCUT2D eigenvalue weighted by Crippen LogP contribution is -2.32.